The second-order valence-electron chi connectivity index (χ2n) is 6.48. The Kier molecular flexibility index (Phi) is 8.97. The Labute approximate surface area is 179 Å². The molecule has 1 aliphatic heterocycles. The number of nitrogens with zero attached hydrogens (tertiary/aromatic N) is 1. The first kappa shape index (κ1) is 23.3. The van der Waals surface area contributed by atoms with E-state index in [2.05, 4.69) is 32.2 Å². The van der Waals surface area contributed by atoms with Gasteiger partial charge in [0.1, 0.15) is 24.1 Å². The normalized spacial score (nSPS) is 13.2. The first-order chi connectivity index (χ1) is 14.9. The Bertz CT molecular complexity index is 879. The molecule has 1 aliphatic rings. The Morgan fingerprint density at radius 3 is 2.81 bits per heavy atom. The molecule has 0 bridgehead atoms. The van der Waals surface area contributed by atoms with E-state index < -0.39 is 23.8 Å². The van der Waals surface area contributed by atoms with Gasteiger partial charge in [-0.25, -0.2) is 4.79 Å². The van der Waals surface area contributed by atoms with Gasteiger partial charge < -0.3 is 36.2 Å². The monoisotopic (exact) mass is 431 g/mol. The van der Waals surface area contributed by atoms with Crippen molar-refractivity contribution in [2.75, 3.05) is 32.8 Å². The van der Waals surface area contributed by atoms with Crippen LogP contribution in [0.1, 0.15) is 23.2 Å². The lowest BCUT2D eigenvalue weighted by molar-refractivity contribution is -0.141. The molecule has 0 fully saturated rings. The first-order valence-corrected chi connectivity index (χ1v) is 9.62. The number of carbonyl (C=O) groups excluding carboxylic acids is 2. The van der Waals surface area contributed by atoms with Crippen LogP contribution < -0.4 is 26.0 Å². The number of nitrogens with one attached hydrogen (secondary N) is 4. The number of aliphatic carboxylic acids is 1. The number of hydrogen-bond donors (Lipinski definition) is 6. The molecule has 1 aromatic rings. The van der Waals surface area contributed by atoms with E-state index in [0.717, 1.165) is 13.1 Å². The maximum absolute atomic E-state index is 12.3. The number of hydrogen-bond acceptors (Lipinski definition) is 8. The summed E-state index contributed by atoms with van der Waals surface area (Å²) in [4.78, 5) is 39.4. The van der Waals surface area contributed by atoms with Crippen LogP contribution >= 0.6 is 0 Å². The number of guanidine groups is 1. The minimum Gasteiger partial charge on any atom is -0.507 e. The van der Waals surface area contributed by atoms with Crippen LogP contribution in [0.4, 0.5) is 0 Å². The summed E-state index contributed by atoms with van der Waals surface area (Å²) in [6.07, 6.45) is 5.23. The standard InChI is InChI=1S/C20H25N5O6/c1-2-3-4-17(27)25-15(19(29)30)12-24-18(28)14-6-5-13(11-16(14)26)31-10-9-23-20-21-7-8-22-20/h1,5-6,11,15,26H,3-4,7-10,12H2,(H,24,28)(H,25,27)(H,29,30)(H2,21,22,23)/t15-/m0/s1. The lowest BCUT2D eigenvalue weighted by Gasteiger charge is -2.15. The molecule has 2 rings (SSSR count). The molecule has 0 aliphatic carbocycles. The van der Waals surface area contributed by atoms with E-state index >= 15 is 0 Å². The smallest absolute Gasteiger partial charge is 0.328 e. The summed E-state index contributed by atoms with van der Waals surface area (Å²) in [6, 6.07) is 2.83. The van der Waals surface area contributed by atoms with E-state index in [4.69, 9.17) is 11.2 Å². The summed E-state index contributed by atoms with van der Waals surface area (Å²) < 4.78 is 5.51. The van der Waals surface area contributed by atoms with E-state index in [-0.39, 0.29) is 30.7 Å². The second-order valence-corrected chi connectivity index (χ2v) is 6.48. The quantitative estimate of drug-likeness (QED) is 0.193. The minimum absolute atomic E-state index is 0.0172. The summed E-state index contributed by atoms with van der Waals surface area (Å²) in [5, 5.41) is 30.1. The molecule has 0 unspecified atom stereocenters. The molecule has 0 saturated carbocycles. The van der Waals surface area contributed by atoms with Gasteiger partial charge in [0.15, 0.2) is 5.96 Å². The highest BCUT2D eigenvalue weighted by Gasteiger charge is 2.21. The molecule has 1 heterocycles. The highest BCUT2D eigenvalue weighted by atomic mass is 16.5. The number of aromatic hydroxyl groups is 1. The summed E-state index contributed by atoms with van der Waals surface area (Å²) in [7, 11) is 0. The van der Waals surface area contributed by atoms with Crippen molar-refractivity contribution in [1.29, 1.82) is 0 Å². The first-order valence-electron chi connectivity index (χ1n) is 9.62. The zero-order valence-electron chi connectivity index (χ0n) is 16.8. The highest BCUT2D eigenvalue weighted by Crippen LogP contribution is 2.23. The molecule has 6 N–H and O–H groups in total. The SMILES string of the molecule is C#CCCC(=O)N[C@@H](CNC(=O)c1ccc(OCCNC2=NCCN2)cc1O)C(=O)O. The third-order valence-electron chi connectivity index (χ3n) is 4.15. The molecule has 1 atom stereocenters. The van der Waals surface area contributed by atoms with E-state index in [1.165, 1.54) is 18.2 Å². The molecule has 31 heavy (non-hydrogen) atoms. The van der Waals surface area contributed by atoms with Gasteiger partial charge in [-0.1, -0.05) is 0 Å². The van der Waals surface area contributed by atoms with Crippen molar-refractivity contribution in [1.82, 2.24) is 21.3 Å². The van der Waals surface area contributed by atoms with Gasteiger partial charge in [0.2, 0.25) is 5.91 Å². The fourth-order valence-electron chi connectivity index (χ4n) is 2.59. The molecular formula is C20H25N5O6. The number of terminal acetylenes is 1. The van der Waals surface area contributed by atoms with Gasteiger partial charge in [0.05, 0.1) is 18.7 Å². The van der Waals surface area contributed by atoms with Crippen LogP contribution in [0, 0.1) is 12.3 Å². The third kappa shape index (κ3) is 7.77. The Morgan fingerprint density at radius 2 is 2.16 bits per heavy atom. The van der Waals surface area contributed by atoms with Crippen molar-refractivity contribution in [2.24, 2.45) is 4.99 Å². The molecule has 0 radical (unpaired) electrons. The number of carboxylic acid groups (broad SMARTS) is 1. The van der Waals surface area contributed by atoms with Gasteiger partial charge in [-0.15, -0.1) is 12.3 Å². The van der Waals surface area contributed by atoms with Crippen molar-refractivity contribution < 1.29 is 29.3 Å². The molecule has 0 spiro atoms. The second kappa shape index (κ2) is 11.9. The number of ether oxygens (including phenoxy) is 1. The predicted octanol–water partition coefficient (Wildman–Crippen LogP) is -0.968. The molecule has 1 aromatic carbocycles. The summed E-state index contributed by atoms with van der Waals surface area (Å²) >= 11 is 0. The van der Waals surface area contributed by atoms with Crippen molar-refractivity contribution >= 4 is 23.7 Å². The summed E-state index contributed by atoms with van der Waals surface area (Å²) in [6.45, 7) is 1.97. The van der Waals surface area contributed by atoms with Crippen LogP contribution in [-0.4, -0.2) is 72.8 Å². The zero-order valence-corrected chi connectivity index (χ0v) is 16.8. The fourth-order valence-corrected chi connectivity index (χ4v) is 2.59. The van der Waals surface area contributed by atoms with Crippen molar-refractivity contribution in [3.8, 4) is 23.8 Å². The maximum Gasteiger partial charge on any atom is 0.328 e. The van der Waals surface area contributed by atoms with Crippen LogP contribution in [0.5, 0.6) is 11.5 Å². The highest BCUT2D eigenvalue weighted by molar-refractivity contribution is 5.97. The number of carboxylic acids is 1. The van der Waals surface area contributed by atoms with Gasteiger partial charge in [-0.3, -0.25) is 14.6 Å². The molecular weight excluding hydrogens is 406 g/mol. The number of aliphatic imine (C=N–C) groups is 1. The van der Waals surface area contributed by atoms with E-state index in [1.807, 2.05) is 0 Å². The average Bonchev–Trinajstić information content (AvgIpc) is 3.26. The average molecular weight is 431 g/mol. The fraction of sp³-hybridized carbons (Fsp3) is 0.400. The maximum atomic E-state index is 12.3. The third-order valence-corrected chi connectivity index (χ3v) is 4.15. The summed E-state index contributed by atoms with van der Waals surface area (Å²) in [5.41, 5.74) is -0.0576. The van der Waals surface area contributed by atoms with Gasteiger partial charge in [-0.2, -0.15) is 0 Å². The number of benzene rings is 1. The number of rotatable bonds is 11. The molecule has 11 heteroatoms. The van der Waals surface area contributed by atoms with E-state index in [1.54, 1.807) is 0 Å². The lowest BCUT2D eigenvalue weighted by atomic mass is 10.1. The van der Waals surface area contributed by atoms with Gasteiger partial charge >= 0.3 is 5.97 Å². The van der Waals surface area contributed by atoms with E-state index in [9.17, 15) is 24.6 Å². The number of phenolic OH excluding ortho intramolecular Hbond substituents is 1. The molecule has 2 amide bonds. The van der Waals surface area contributed by atoms with Gasteiger partial charge in [0.25, 0.3) is 5.91 Å². The molecule has 11 nitrogen and oxygen atoms in total. The molecule has 0 saturated heterocycles. The topological polar surface area (TPSA) is 161 Å². The lowest BCUT2D eigenvalue weighted by Crippen LogP contribution is -2.48. The number of carbonyl (C=O) groups is 3. The zero-order chi connectivity index (χ0) is 22.6. The Hall–Kier alpha value is -3.94. The van der Waals surface area contributed by atoms with Crippen LogP contribution in [0.2, 0.25) is 0 Å². The Balaban J connectivity index is 1.82. The summed E-state index contributed by atoms with van der Waals surface area (Å²) in [5.74, 6) is 0.498. The molecule has 0 aromatic heterocycles. The predicted molar refractivity (Wildman–Crippen MR) is 112 cm³/mol. The van der Waals surface area contributed by atoms with Crippen LogP contribution in [0.25, 0.3) is 0 Å². The van der Waals surface area contributed by atoms with Crippen molar-refractivity contribution in [3.05, 3.63) is 23.8 Å². The molecule has 166 valence electrons. The number of amides is 2. The van der Waals surface area contributed by atoms with E-state index in [0.29, 0.717) is 24.9 Å². The van der Waals surface area contributed by atoms with Crippen LogP contribution in [-0.2, 0) is 9.59 Å². The van der Waals surface area contributed by atoms with Crippen LogP contribution in [0.3, 0.4) is 0 Å². The van der Waals surface area contributed by atoms with Crippen molar-refractivity contribution in [3.63, 3.8) is 0 Å². The minimum atomic E-state index is -1.33. The van der Waals surface area contributed by atoms with Crippen molar-refractivity contribution in [2.45, 2.75) is 18.9 Å². The van der Waals surface area contributed by atoms with Gasteiger partial charge in [-0.05, 0) is 12.1 Å². The Morgan fingerprint density at radius 1 is 1.35 bits per heavy atom. The largest absolute Gasteiger partial charge is 0.507 e. The number of phenols is 1. The van der Waals surface area contributed by atoms with Crippen LogP contribution in [0.15, 0.2) is 23.2 Å². The van der Waals surface area contributed by atoms with Gasteiger partial charge in [0, 0.05) is 32.0 Å².